The van der Waals surface area contributed by atoms with Gasteiger partial charge in [0.2, 0.25) is 5.91 Å². The molecule has 0 spiro atoms. The van der Waals surface area contributed by atoms with Gasteiger partial charge in [0, 0.05) is 18.0 Å². The van der Waals surface area contributed by atoms with E-state index in [1.807, 2.05) is 18.7 Å². The van der Waals surface area contributed by atoms with Crippen molar-refractivity contribution in [1.82, 2.24) is 10.2 Å². The largest absolute Gasteiger partial charge is 0.337 e. The molecule has 0 atom stereocenters. The van der Waals surface area contributed by atoms with Crippen LogP contribution in [0.3, 0.4) is 0 Å². The van der Waals surface area contributed by atoms with Crippen molar-refractivity contribution in [3.05, 3.63) is 21.9 Å². The van der Waals surface area contributed by atoms with Crippen molar-refractivity contribution in [2.24, 2.45) is 0 Å². The number of carbonyl (C=O) groups is 1. The topological polar surface area (TPSA) is 32.3 Å². The summed E-state index contributed by atoms with van der Waals surface area (Å²) in [7, 11) is 0. The highest BCUT2D eigenvalue weighted by Gasteiger charge is 2.22. The van der Waals surface area contributed by atoms with Crippen LogP contribution in [0, 0.1) is 12.3 Å². The average molecular weight is 262 g/mol. The molecule has 1 aromatic rings. The second-order valence-electron chi connectivity index (χ2n) is 5.06. The van der Waals surface area contributed by atoms with Gasteiger partial charge >= 0.3 is 0 Å². The van der Waals surface area contributed by atoms with Crippen LogP contribution in [0.25, 0.3) is 0 Å². The number of fused-ring (bicyclic) bond motifs is 1. The van der Waals surface area contributed by atoms with Gasteiger partial charge in [0.1, 0.15) is 0 Å². The minimum absolute atomic E-state index is 0.121. The van der Waals surface area contributed by atoms with Crippen molar-refractivity contribution in [1.29, 1.82) is 0 Å². The van der Waals surface area contributed by atoms with Crippen molar-refractivity contribution in [3.8, 4) is 12.3 Å². The Labute approximate surface area is 112 Å². The number of amides is 1. The minimum atomic E-state index is -0.432. The van der Waals surface area contributed by atoms with E-state index in [2.05, 4.69) is 22.7 Å². The molecule has 4 heteroatoms. The first kappa shape index (κ1) is 13.1. The van der Waals surface area contributed by atoms with Crippen molar-refractivity contribution >= 4 is 17.2 Å². The van der Waals surface area contributed by atoms with Gasteiger partial charge in [-0.25, -0.2) is 0 Å². The van der Waals surface area contributed by atoms with Gasteiger partial charge in [0.15, 0.2) is 0 Å². The summed E-state index contributed by atoms with van der Waals surface area (Å²) in [4.78, 5) is 15.4. The van der Waals surface area contributed by atoms with E-state index < -0.39 is 5.54 Å². The van der Waals surface area contributed by atoms with Crippen LogP contribution in [0.15, 0.2) is 11.4 Å². The van der Waals surface area contributed by atoms with E-state index in [1.54, 1.807) is 11.3 Å². The number of nitrogens with one attached hydrogen (secondary N) is 1. The van der Waals surface area contributed by atoms with Crippen LogP contribution in [-0.2, 0) is 17.8 Å². The van der Waals surface area contributed by atoms with E-state index in [1.165, 1.54) is 10.4 Å². The Balaban J connectivity index is 1.90. The third-order valence-electron chi connectivity index (χ3n) is 3.20. The normalized spacial score (nSPS) is 15.1. The highest BCUT2D eigenvalue weighted by Crippen LogP contribution is 2.23. The maximum atomic E-state index is 12.1. The zero-order chi connectivity index (χ0) is 13.2. The summed E-state index contributed by atoms with van der Waals surface area (Å²) in [6.07, 6.45) is 6.35. The third kappa shape index (κ3) is 2.92. The molecule has 0 radical (unpaired) electrons. The van der Waals surface area contributed by atoms with Crippen LogP contribution in [0.2, 0.25) is 0 Å². The summed E-state index contributed by atoms with van der Waals surface area (Å²) >= 11 is 1.78. The lowest BCUT2D eigenvalue weighted by Gasteiger charge is -2.28. The molecule has 3 nitrogen and oxygen atoms in total. The average Bonchev–Trinajstić information content (AvgIpc) is 2.83. The first-order valence-electron chi connectivity index (χ1n) is 6.07. The molecule has 1 amide bonds. The molecule has 2 rings (SSSR count). The lowest BCUT2D eigenvalue weighted by molar-refractivity contribution is -0.131. The lowest BCUT2D eigenvalue weighted by Crippen LogP contribution is -2.46. The molecular formula is C14H18N2OS. The summed E-state index contributed by atoms with van der Waals surface area (Å²) in [6, 6.07) is 2.11. The molecule has 18 heavy (non-hydrogen) atoms. The van der Waals surface area contributed by atoms with Crippen LogP contribution in [0.5, 0.6) is 0 Å². The zero-order valence-corrected chi connectivity index (χ0v) is 11.6. The van der Waals surface area contributed by atoms with Crippen molar-refractivity contribution < 1.29 is 4.79 Å². The van der Waals surface area contributed by atoms with Crippen LogP contribution in [-0.4, -0.2) is 29.4 Å². The maximum Gasteiger partial charge on any atom is 0.236 e. The first-order chi connectivity index (χ1) is 8.52. The quantitative estimate of drug-likeness (QED) is 0.840. The fourth-order valence-corrected chi connectivity index (χ4v) is 2.81. The standard InChI is InChI=1S/C14H18N2OS/c1-4-14(2,3)15-9-13(17)16-7-5-12-11(10-16)6-8-18-12/h1,6,8,15H,5,7,9-10H2,2-3H3. The Hall–Kier alpha value is -1.31. The molecule has 1 aliphatic rings. The number of nitrogens with zero attached hydrogens (tertiary/aromatic N) is 1. The molecule has 0 bridgehead atoms. The Morgan fingerprint density at radius 2 is 2.44 bits per heavy atom. The Morgan fingerprint density at radius 1 is 1.67 bits per heavy atom. The van der Waals surface area contributed by atoms with Gasteiger partial charge < -0.3 is 4.90 Å². The molecule has 2 heterocycles. The smallest absolute Gasteiger partial charge is 0.236 e. The van der Waals surface area contributed by atoms with E-state index in [9.17, 15) is 4.79 Å². The summed E-state index contributed by atoms with van der Waals surface area (Å²) in [5.74, 6) is 2.75. The van der Waals surface area contributed by atoms with E-state index in [0.29, 0.717) is 6.54 Å². The van der Waals surface area contributed by atoms with E-state index >= 15 is 0 Å². The predicted molar refractivity (Wildman–Crippen MR) is 74.4 cm³/mol. The fourth-order valence-electron chi connectivity index (χ4n) is 1.92. The van der Waals surface area contributed by atoms with Crippen LogP contribution in [0.4, 0.5) is 0 Å². The molecule has 1 aromatic heterocycles. The number of hydrogen-bond acceptors (Lipinski definition) is 3. The van der Waals surface area contributed by atoms with Crippen molar-refractivity contribution in [2.75, 3.05) is 13.1 Å². The summed E-state index contributed by atoms with van der Waals surface area (Å²) in [6.45, 7) is 5.64. The molecule has 0 saturated carbocycles. The third-order valence-corrected chi connectivity index (χ3v) is 4.23. The van der Waals surface area contributed by atoms with E-state index in [4.69, 9.17) is 6.42 Å². The van der Waals surface area contributed by atoms with Gasteiger partial charge in [0.05, 0.1) is 12.1 Å². The zero-order valence-electron chi connectivity index (χ0n) is 10.8. The number of thiophene rings is 1. The number of carbonyl (C=O) groups excluding carboxylic acids is 1. The van der Waals surface area contributed by atoms with Gasteiger partial charge in [-0.1, -0.05) is 5.92 Å². The molecule has 0 aromatic carbocycles. The van der Waals surface area contributed by atoms with Crippen molar-refractivity contribution in [3.63, 3.8) is 0 Å². The van der Waals surface area contributed by atoms with Gasteiger partial charge in [-0.3, -0.25) is 10.1 Å². The van der Waals surface area contributed by atoms with E-state index in [0.717, 1.165) is 19.5 Å². The van der Waals surface area contributed by atoms with Gasteiger partial charge in [0.25, 0.3) is 0 Å². The van der Waals surface area contributed by atoms with Crippen molar-refractivity contribution in [2.45, 2.75) is 32.4 Å². The maximum absolute atomic E-state index is 12.1. The first-order valence-corrected chi connectivity index (χ1v) is 6.95. The SMILES string of the molecule is C#CC(C)(C)NCC(=O)N1CCc2sccc2C1. The van der Waals surface area contributed by atoms with Crippen LogP contribution in [0.1, 0.15) is 24.3 Å². The summed E-state index contributed by atoms with van der Waals surface area (Å²) in [5, 5.41) is 5.19. The molecular weight excluding hydrogens is 244 g/mol. The molecule has 1 aliphatic heterocycles. The molecule has 0 saturated heterocycles. The number of hydrogen-bond donors (Lipinski definition) is 1. The highest BCUT2D eigenvalue weighted by molar-refractivity contribution is 7.10. The predicted octanol–water partition coefficient (Wildman–Crippen LogP) is 1.63. The minimum Gasteiger partial charge on any atom is -0.337 e. The molecule has 0 aliphatic carbocycles. The summed E-state index contributed by atoms with van der Waals surface area (Å²) in [5.41, 5.74) is 0.856. The Morgan fingerprint density at radius 3 is 3.17 bits per heavy atom. The number of rotatable bonds is 3. The second-order valence-corrected chi connectivity index (χ2v) is 6.06. The van der Waals surface area contributed by atoms with Crippen LogP contribution < -0.4 is 5.32 Å². The van der Waals surface area contributed by atoms with Gasteiger partial charge in [-0.05, 0) is 37.3 Å². The monoisotopic (exact) mass is 262 g/mol. The Bertz CT molecular complexity index is 484. The lowest BCUT2D eigenvalue weighted by atomic mass is 10.1. The number of terminal acetylenes is 1. The van der Waals surface area contributed by atoms with Gasteiger partial charge in [-0.15, -0.1) is 17.8 Å². The fraction of sp³-hybridized carbons (Fsp3) is 0.500. The van der Waals surface area contributed by atoms with Crippen LogP contribution >= 0.6 is 11.3 Å². The molecule has 0 fully saturated rings. The molecule has 96 valence electrons. The van der Waals surface area contributed by atoms with Gasteiger partial charge in [-0.2, -0.15) is 0 Å². The van der Waals surface area contributed by atoms with E-state index in [-0.39, 0.29) is 5.91 Å². The molecule has 1 N–H and O–H groups in total. The summed E-state index contributed by atoms with van der Waals surface area (Å²) < 4.78 is 0. The molecule has 0 unspecified atom stereocenters. The Kier molecular flexibility index (Phi) is 3.74. The highest BCUT2D eigenvalue weighted by atomic mass is 32.1. The second kappa shape index (κ2) is 5.13.